The van der Waals surface area contributed by atoms with Crippen molar-refractivity contribution in [2.24, 2.45) is 11.7 Å². The Bertz CT molecular complexity index is 575. The number of halogens is 3. The fourth-order valence-electron chi connectivity index (χ4n) is 3.21. The van der Waals surface area contributed by atoms with Gasteiger partial charge in [0.05, 0.1) is 12.5 Å². The van der Waals surface area contributed by atoms with E-state index in [1.54, 1.807) is 13.0 Å². The zero-order chi connectivity index (χ0) is 18.0. The van der Waals surface area contributed by atoms with Crippen LogP contribution in [0, 0.1) is 5.92 Å². The van der Waals surface area contributed by atoms with Crippen molar-refractivity contribution in [2.45, 2.75) is 49.9 Å². The first-order valence-electron chi connectivity index (χ1n) is 7.99. The van der Waals surface area contributed by atoms with Crippen LogP contribution in [0.4, 0.5) is 13.2 Å². The molecule has 0 aliphatic heterocycles. The summed E-state index contributed by atoms with van der Waals surface area (Å²) in [5.41, 5.74) is 1.93. The third kappa shape index (κ3) is 3.72. The SMILES string of the molecule is CC1(N)CCCCC1C(=O)NCC(O)(c1ccccc1)C(F)(F)F. The van der Waals surface area contributed by atoms with E-state index >= 15 is 0 Å². The summed E-state index contributed by atoms with van der Waals surface area (Å²) in [7, 11) is 0. The van der Waals surface area contributed by atoms with Crippen LogP contribution in [0.3, 0.4) is 0 Å². The van der Waals surface area contributed by atoms with Gasteiger partial charge in [-0.15, -0.1) is 0 Å². The van der Waals surface area contributed by atoms with Crippen molar-refractivity contribution >= 4 is 5.91 Å². The first kappa shape index (κ1) is 18.7. The van der Waals surface area contributed by atoms with Crippen LogP contribution in [0.2, 0.25) is 0 Å². The molecule has 1 aromatic rings. The number of nitrogens with two attached hydrogens (primary N) is 1. The van der Waals surface area contributed by atoms with Crippen LogP contribution in [0.5, 0.6) is 0 Å². The minimum Gasteiger partial charge on any atom is -0.375 e. The van der Waals surface area contributed by atoms with E-state index in [9.17, 15) is 23.1 Å². The lowest BCUT2D eigenvalue weighted by Crippen LogP contribution is -2.56. The van der Waals surface area contributed by atoms with E-state index in [4.69, 9.17) is 5.73 Å². The van der Waals surface area contributed by atoms with Gasteiger partial charge in [0.15, 0.2) is 0 Å². The van der Waals surface area contributed by atoms with Gasteiger partial charge in [-0.3, -0.25) is 4.79 Å². The van der Waals surface area contributed by atoms with E-state index in [1.165, 1.54) is 24.3 Å². The van der Waals surface area contributed by atoms with Crippen LogP contribution in [-0.2, 0) is 10.4 Å². The molecule has 1 aliphatic carbocycles. The smallest absolute Gasteiger partial charge is 0.375 e. The molecule has 3 unspecified atom stereocenters. The molecule has 3 atom stereocenters. The molecule has 0 radical (unpaired) electrons. The van der Waals surface area contributed by atoms with Crippen molar-refractivity contribution in [3.8, 4) is 0 Å². The minimum atomic E-state index is -4.92. The number of rotatable bonds is 4. The van der Waals surface area contributed by atoms with Gasteiger partial charge in [-0.25, -0.2) is 0 Å². The Hall–Kier alpha value is -1.60. The fraction of sp³-hybridized carbons (Fsp3) is 0.588. The number of hydrogen-bond donors (Lipinski definition) is 3. The lowest BCUT2D eigenvalue weighted by molar-refractivity contribution is -0.264. The van der Waals surface area contributed by atoms with Crippen LogP contribution in [0.25, 0.3) is 0 Å². The van der Waals surface area contributed by atoms with Gasteiger partial charge in [0.2, 0.25) is 11.5 Å². The highest BCUT2D eigenvalue weighted by atomic mass is 19.4. The van der Waals surface area contributed by atoms with Crippen molar-refractivity contribution in [3.63, 3.8) is 0 Å². The first-order valence-corrected chi connectivity index (χ1v) is 7.99. The van der Waals surface area contributed by atoms with E-state index in [-0.39, 0.29) is 5.56 Å². The standard InChI is InChI=1S/C17H23F3N2O2/c1-15(21)10-6-5-9-13(15)14(23)22-11-16(24,17(18,19)20)12-7-3-2-4-8-12/h2-4,7-8,13,24H,5-6,9-11,21H2,1H3,(H,22,23). The van der Waals surface area contributed by atoms with Crippen molar-refractivity contribution in [2.75, 3.05) is 6.54 Å². The summed E-state index contributed by atoms with van der Waals surface area (Å²) in [6.45, 7) is 0.801. The first-order chi connectivity index (χ1) is 11.1. The molecule has 7 heteroatoms. The molecule has 1 amide bonds. The maximum Gasteiger partial charge on any atom is 0.423 e. The summed E-state index contributed by atoms with van der Waals surface area (Å²) in [6, 6.07) is 6.75. The van der Waals surface area contributed by atoms with Gasteiger partial charge in [0.25, 0.3) is 0 Å². The molecule has 1 fully saturated rings. The maximum atomic E-state index is 13.4. The number of carbonyl (C=O) groups excluding carboxylic acids is 1. The van der Waals surface area contributed by atoms with Gasteiger partial charge in [-0.1, -0.05) is 43.2 Å². The number of amides is 1. The van der Waals surface area contributed by atoms with Gasteiger partial charge >= 0.3 is 6.18 Å². The lowest BCUT2D eigenvalue weighted by atomic mass is 9.74. The van der Waals surface area contributed by atoms with Crippen LogP contribution in [0.1, 0.15) is 38.2 Å². The van der Waals surface area contributed by atoms with Crippen molar-refractivity contribution < 1.29 is 23.1 Å². The molecule has 0 spiro atoms. The zero-order valence-corrected chi connectivity index (χ0v) is 13.6. The Morgan fingerprint density at radius 2 is 1.96 bits per heavy atom. The molecule has 1 aromatic carbocycles. The van der Waals surface area contributed by atoms with E-state index < -0.39 is 35.7 Å². The molecular formula is C17H23F3N2O2. The minimum absolute atomic E-state index is 0.308. The number of carbonyl (C=O) groups is 1. The fourth-order valence-corrected chi connectivity index (χ4v) is 3.21. The van der Waals surface area contributed by atoms with Gasteiger partial charge < -0.3 is 16.2 Å². The Balaban J connectivity index is 2.16. The Morgan fingerprint density at radius 3 is 2.50 bits per heavy atom. The van der Waals surface area contributed by atoms with Crippen LogP contribution < -0.4 is 11.1 Å². The second-order valence-electron chi connectivity index (χ2n) is 6.75. The van der Waals surface area contributed by atoms with Gasteiger partial charge in [-0.05, 0) is 25.3 Å². The maximum absolute atomic E-state index is 13.4. The molecular weight excluding hydrogens is 321 g/mol. The molecule has 134 valence electrons. The predicted octanol–water partition coefficient (Wildman–Crippen LogP) is 2.46. The van der Waals surface area contributed by atoms with E-state index in [0.29, 0.717) is 12.8 Å². The number of benzene rings is 1. The quantitative estimate of drug-likeness (QED) is 0.785. The predicted molar refractivity (Wildman–Crippen MR) is 84.0 cm³/mol. The normalized spacial score (nSPS) is 27.3. The molecule has 24 heavy (non-hydrogen) atoms. The van der Waals surface area contributed by atoms with E-state index in [2.05, 4.69) is 5.32 Å². The van der Waals surface area contributed by atoms with E-state index in [0.717, 1.165) is 12.8 Å². The Labute approximate surface area is 139 Å². The van der Waals surface area contributed by atoms with Gasteiger partial charge in [0.1, 0.15) is 0 Å². The van der Waals surface area contributed by atoms with Crippen LogP contribution in [-0.4, -0.2) is 29.3 Å². The molecule has 0 aromatic heterocycles. The highest BCUT2D eigenvalue weighted by Gasteiger charge is 2.55. The second kappa shape index (κ2) is 6.72. The zero-order valence-electron chi connectivity index (χ0n) is 13.6. The topological polar surface area (TPSA) is 75.4 Å². The Kier molecular flexibility index (Phi) is 5.25. The number of alkyl halides is 3. The largest absolute Gasteiger partial charge is 0.423 e. The molecule has 1 saturated carbocycles. The number of nitrogens with one attached hydrogen (secondary N) is 1. The lowest BCUT2D eigenvalue weighted by Gasteiger charge is -2.38. The molecule has 4 N–H and O–H groups in total. The molecule has 4 nitrogen and oxygen atoms in total. The second-order valence-corrected chi connectivity index (χ2v) is 6.75. The van der Waals surface area contributed by atoms with Crippen LogP contribution in [0.15, 0.2) is 30.3 Å². The summed E-state index contributed by atoms with van der Waals surface area (Å²) in [4.78, 5) is 12.3. The summed E-state index contributed by atoms with van der Waals surface area (Å²) >= 11 is 0. The van der Waals surface area contributed by atoms with Gasteiger partial charge in [0, 0.05) is 5.54 Å². The molecule has 2 rings (SSSR count). The average molecular weight is 344 g/mol. The third-order valence-corrected chi connectivity index (χ3v) is 4.81. The molecule has 0 saturated heterocycles. The highest BCUT2D eigenvalue weighted by molar-refractivity contribution is 5.80. The summed E-state index contributed by atoms with van der Waals surface area (Å²) in [6.07, 6.45) is -2.03. The highest BCUT2D eigenvalue weighted by Crippen LogP contribution is 2.39. The molecule has 0 bridgehead atoms. The van der Waals surface area contributed by atoms with Crippen molar-refractivity contribution in [1.82, 2.24) is 5.32 Å². The number of hydrogen-bond acceptors (Lipinski definition) is 3. The average Bonchev–Trinajstić information content (AvgIpc) is 2.51. The van der Waals surface area contributed by atoms with Crippen molar-refractivity contribution in [3.05, 3.63) is 35.9 Å². The monoisotopic (exact) mass is 344 g/mol. The Morgan fingerprint density at radius 1 is 1.33 bits per heavy atom. The number of aliphatic hydroxyl groups is 1. The summed E-state index contributed by atoms with van der Waals surface area (Å²) < 4.78 is 40.2. The summed E-state index contributed by atoms with van der Waals surface area (Å²) in [5.74, 6) is -1.10. The van der Waals surface area contributed by atoms with E-state index in [1.807, 2.05) is 0 Å². The molecule has 0 heterocycles. The molecule has 1 aliphatic rings. The third-order valence-electron chi connectivity index (χ3n) is 4.81. The van der Waals surface area contributed by atoms with Gasteiger partial charge in [-0.2, -0.15) is 13.2 Å². The van der Waals surface area contributed by atoms with Crippen LogP contribution >= 0.6 is 0 Å². The van der Waals surface area contributed by atoms with Crippen molar-refractivity contribution in [1.29, 1.82) is 0 Å². The summed E-state index contributed by atoms with van der Waals surface area (Å²) in [5, 5.41) is 12.5.